The molecule has 1 saturated heterocycles. The highest BCUT2D eigenvalue weighted by Gasteiger charge is 2.38. The van der Waals surface area contributed by atoms with Crippen LogP contribution in [0.1, 0.15) is 15.9 Å². The minimum atomic E-state index is -4.56. The van der Waals surface area contributed by atoms with Crippen molar-refractivity contribution in [3.05, 3.63) is 59.5 Å². The summed E-state index contributed by atoms with van der Waals surface area (Å²) >= 11 is 0. The number of halogens is 4. The zero-order valence-corrected chi connectivity index (χ0v) is 12.3. The Labute approximate surface area is 134 Å². The highest BCUT2D eigenvalue weighted by atomic mass is 19.4. The summed E-state index contributed by atoms with van der Waals surface area (Å²) in [5.41, 5.74) is -0.642. The molecule has 0 bridgehead atoms. The molecule has 3 rings (SSSR count). The molecule has 0 atom stereocenters. The predicted molar refractivity (Wildman–Crippen MR) is 76.0 cm³/mol. The first kappa shape index (κ1) is 16.2. The molecule has 1 fully saturated rings. The van der Waals surface area contributed by atoms with Crippen molar-refractivity contribution in [3.8, 4) is 5.88 Å². The van der Waals surface area contributed by atoms with Crippen LogP contribution in [0.4, 0.5) is 17.6 Å². The maximum atomic E-state index is 12.9. The molecule has 1 aromatic carbocycles. The number of amides is 1. The highest BCUT2D eigenvalue weighted by Crippen LogP contribution is 2.35. The third kappa shape index (κ3) is 3.32. The Morgan fingerprint density at radius 2 is 1.83 bits per heavy atom. The Balaban J connectivity index is 1.62. The Kier molecular flexibility index (Phi) is 4.13. The van der Waals surface area contributed by atoms with Gasteiger partial charge >= 0.3 is 6.18 Å². The van der Waals surface area contributed by atoms with Gasteiger partial charge in [-0.15, -0.1) is 0 Å². The number of rotatable bonds is 3. The summed E-state index contributed by atoms with van der Waals surface area (Å²) in [6.45, 7) is 0.286. The van der Waals surface area contributed by atoms with Crippen LogP contribution in [0, 0.1) is 5.82 Å². The van der Waals surface area contributed by atoms with Crippen molar-refractivity contribution in [2.45, 2.75) is 12.3 Å². The molecule has 1 aliphatic rings. The van der Waals surface area contributed by atoms with Gasteiger partial charge in [-0.1, -0.05) is 0 Å². The standard InChI is InChI=1S/C16H12F4N2O2/c17-11-5-3-10(4-6-11)15(23)22-8-12(9-22)24-14-13(16(18,19)20)2-1-7-21-14/h1-7,12H,8-9H2. The maximum absolute atomic E-state index is 12.9. The van der Waals surface area contributed by atoms with Gasteiger partial charge < -0.3 is 9.64 Å². The molecule has 1 amide bonds. The second-order valence-electron chi connectivity index (χ2n) is 5.31. The third-order valence-electron chi connectivity index (χ3n) is 3.58. The van der Waals surface area contributed by atoms with E-state index in [0.29, 0.717) is 5.56 Å². The SMILES string of the molecule is O=C(c1ccc(F)cc1)N1CC(Oc2ncccc2C(F)(F)F)C1. The van der Waals surface area contributed by atoms with Crippen LogP contribution in [0.5, 0.6) is 5.88 Å². The lowest BCUT2D eigenvalue weighted by Crippen LogP contribution is -2.56. The van der Waals surface area contributed by atoms with E-state index in [1.165, 1.54) is 41.4 Å². The highest BCUT2D eigenvalue weighted by molar-refractivity contribution is 5.94. The number of aromatic nitrogens is 1. The molecule has 2 heterocycles. The Bertz CT molecular complexity index is 740. The number of likely N-dealkylation sites (tertiary alicyclic amines) is 1. The van der Waals surface area contributed by atoms with Crippen LogP contribution in [0.3, 0.4) is 0 Å². The molecule has 1 aliphatic heterocycles. The zero-order chi connectivity index (χ0) is 17.3. The molecule has 24 heavy (non-hydrogen) atoms. The first-order chi connectivity index (χ1) is 11.3. The summed E-state index contributed by atoms with van der Waals surface area (Å²) in [6.07, 6.45) is -3.91. The number of alkyl halides is 3. The topological polar surface area (TPSA) is 42.4 Å². The number of hydrogen-bond acceptors (Lipinski definition) is 3. The fourth-order valence-corrected chi connectivity index (χ4v) is 2.31. The fourth-order valence-electron chi connectivity index (χ4n) is 2.31. The second-order valence-corrected chi connectivity index (χ2v) is 5.31. The maximum Gasteiger partial charge on any atom is 0.421 e. The Hall–Kier alpha value is -2.64. The van der Waals surface area contributed by atoms with Gasteiger partial charge in [0.25, 0.3) is 5.91 Å². The minimum absolute atomic E-state index is 0.143. The summed E-state index contributed by atoms with van der Waals surface area (Å²) in [4.78, 5) is 17.1. The second kappa shape index (κ2) is 6.10. The van der Waals surface area contributed by atoms with E-state index in [-0.39, 0.29) is 19.0 Å². The van der Waals surface area contributed by atoms with Gasteiger partial charge in [0, 0.05) is 11.8 Å². The van der Waals surface area contributed by atoms with E-state index in [2.05, 4.69) is 4.98 Å². The molecule has 8 heteroatoms. The predicted octanol–water partition coefficient (Wildman–Crippen LogP) is 3.14. The van der Waals surface area contributed by atoms with Crippen molar-refractivity contribution >= 4 is 5.91 Å². The van der Waals surface area contributed by atoms with E-state index in [1.807, 2.05) is 0 Å². The van der Waals surface area contributed by atoms with Crippen molar-refractivity contribution < 1.29 is 27.1 Å². The molecule has 4 nitrogen and oxygen atoms in total. The fraction of sp³-hybridized carbons (Fsp3) is 0.250. The van der Waals surface area contributed by atoms with E-state index in [4.69, 9.17) is 4.74 Å². The molecule has 0 unspecified atom stereocenters. The van der Waals surface area contributed by atoms with Gasteiger partial charge in [-0.2, -0.15) is 13.2 Å². The average molecular weight is 340 g/mol. The molecule has 126 valence electrons. The van der Waals surface area contributed by atoms with Gasteiger partial charge in [0.05, 0.1) is 13.1 Å². The average Bonchev–Trinajstić information content (AvgIpc) is 2.50. The summed E-state index contributed by atoms with van der Waals surface area (Å²) in [5.74, 6) is -1.28. The number of ether oxygens (including phenoxy) is 1. The molecule has 0 N–H and O–H groups in total. The lowest BCUT2D eigenvalue weighted by molar-refractivity contribution is -0.140. The van der Waals surface area contributed by atoms with Crippen LogP contribution >= 0.6 is 0 Å². The van der Waals surface area contributed by atoms with Gasteiger partial charge in [0.2, 0.25) is 5.88 Å². The number of pyridine rings is 1. The number of benzene rings is 1. The summed E-state index contributed by atoms with van der Waals surface area (Å²) < 4.78 is 56.7. The van der Waals surface area contributed by atoms with E-state index in [0.717, 1.165) is 6.07 Å². The van der Waals surface area contributed by atoms with Gasteiger partial charge in [0.1, 0.15) is 17.5 Å². The molecule has 2 aromatic rings. The van der Waals surface area contributed by atoms with E-state index in [9.17, 15) is 22.4 Å². The first-order valence-corrected chi connectivity index (χ1v) is 7.08. The Morgan fingerprint density at radius 1 is 1.17 bits per heavy atom. The Morgan fingerprint density at radius 3 is 2.46 bits per heavy atom. The van der Waals surface area contributed by atoms with Gasteiger partial charge in [-0.05, 0) is 36.4 Å². The van der Waals surface area contributed by atoms with E-state index < -0.39 is 29.5 Å². The quantitative estimate of drug-likeness (QED) is 0.806. The molecule has 0 spiro atoms. The zero-order valence-electron chi connectivity index (χ0n) is 12.3. The molecule has 0 radical (unpaired) electrons. The summed E-state index contributed by atoms with van der Waals surface area (Å²) in [7, 11) is 0. The van der Waals surface area contributed by atoms with Crippen molar-refractivity contribution in [1.82, 2.24) is 9.88 Å². The van der Waals surface area contributed by atoms with Crippen LogP contribution < -0.4 is 4.74 Å². The van der Waals surface area contributed by atoms with Crippen LogP contribution in [-0.2, 0) is 6.18 Å². The molecule has 0 aliphatic carbocycles. The van der Waals surface area contributed by atoms with Gasteiger partial charge in [-0.3, -0.25) is 4.79 Å². The van der Waals surface area contributed by atoms with E-state index >= 15 is 0 Å². The summed E-state index contributed by atoms with van der Waals surface area (Å²) in [5, 5.41) is 0. The normalized spacial score (nSPS) is 15.1. The van der Waals surface area contributed by atoms with Crippen LogP contribution in [-0.4, -0.2) is 35.0 Å². The van der Waals surface area contributed by atoms with E-state index in [1.54, 1.807) is 0 Å². The number of carbonyl (C=O) groups is 1. The van der Waals surface area contributed by atoms with Crippen LogP contribution in [0.2, 0.25) is 0 Å². The smallest absolute Gasteiger partial charge is 0.421 e. The monoisotopic (exact) mass is 340 g/mol. The summed E-state index contributed by atoms with van der Waals surface area (Å²) in [6, 6.07) is 7.12. The molecular formula is C16H12F4N2O2. The van der Waals surface area contributed by atoms with Crippen LogP contribution in [0.25, 0.3) is 0 Å². The number of nitrogens with zero attached hydrogens (tertiary/aromatic N) is 2. The molecular weight excluding hydrogens is 328 g/mol. The van der Waals surface area contributed by atoms with Crippen LogP contribution in [0.15, 0.2) is 42.6 Å². The van der Waals surface area contributed by atoms with Crippen molar-refractivity contribution in [3.63, 3.8) is 0 Å². The largest absolute Gasteiger partial charge is 0.470 e. The third-order valence-corrected chi connectivity index (χ3v) is 3.58. The number of carbonyl (C=O) groups excluding carboxylic acids is 1. The van der Waals surface area contributed by atoms with Crippen molar-refractivity contribution in [1.29, 1.82) is 0 Å². The lowest BCUT2D eigenvalue weighted by Gasteiger charge is -2.39. The first-order valence-electron chi connectivity index (χ1n) is 7.08. The van der Waals surface area contributed by atoms with Gasteiger partial charge in [-0.25, -0.2) is 9.37 Å². The lowest BCUT2D eigenvalue weighted by atomic mass is 10.1. The van der Waals surface area contributed by atoms with Crippen molar-refractivity contribution in [2.75, 3.05) is 13.1 Å². The molecule has 0 saturated carbocycles. The van der Waals surface area contributed by atoms with Gasteiger partial charge in [0.15, 0.2) is 0 Å². The number of hydrogen-bond donors (Lipinski definition) is 0. The van der Waals surface area contributed by atoms with Crippen molar-refractivity contribution in [2.24, 2.45) is 0 Å². The minimum Gasteiger partial charge on any atom is -0.470 e. The molecule has 1 aromatic heterocycles.